The van der Waals surface area contributed by atoms with Gasteiger partial charge < -0.3 is 4.74 Å². The summed E-state index contributed by atoms with van der Waals surface area (Å²) in [7, 11) is 0. The van der Waals surface area contributed by atoms with Gasteiger partial charge in [-0.25, -0.2) is 9.18 Å². The smallest absolute Gasteiger partial charge is 0.349 e. The molecule has 3 nitrogen and oxygen atoms in total. The lowest BCUT2D eigenvalue weighted by atomic mass is 10.1. The first-order valence-corrected chi connectivity index (χ1v) is 4.82. The van der Waals surface area contributed by atoms with E-state index in [9.17, 15) is 9.18 Å². The Morgan fingerprint density at radius 1 is 1.59 bits per heavy atom. The second-order valence-corrected chi connectivity index (χ2v) is 3.11. The topological polar surface area (TPSA) is 50.1 Å². The van der Waals surface area contributed by atoms with Crippen LogP contribution in [0.5, 0.6) is 0 Å². The molecular formula is C13H10FNO2. The third-order valence-corrected chi connectivity index (χ3v) is 1.83. The fourth-order valence-electron chi connectivity index (χ4n) is 1.11. The van der Waals surface area contributed by atoms with Crippen LogP contribution in [0.2, 0.25) is 0 Å². The number of halogens is 1. The summed E-state index contributed by atoms with van der Waals surface area (Å²) in [6.07, 6.45) is 2.67. The molecular weight excluding hydrogens is 221 g/mol. The number of nitrogens with zero attached hydrogens (tertiary/aromatic N) is 1. The highest BCUT2D eigenvalue weighted by atomic mass is 19.1. The van der Waals surface area contributed by atoms with Crippen molar-refractivity contribution in [2.24, 2.45) is 0 Å². The number of esters is 1. The zero-order valence-corrected chi connectivity index (χ0v) is 9.02. The van der Waals surface area contributed by atoms with Gasteiger partial charge >= 0.3 is 5.97 Å². The fourth-order valence-corrected chi connectivity index (χ4v) is 1.11. The van der Waals surface area contributed by atoms with Crippen LogP contribution in [0.15, 0.2) is 42.5 Å². The molecule has 17 heavy (non-hydrogen) atoms. The SMILES string of the molecule is C=CCOC(=O)/C(C#N)=C\c1cccc(F)c1. The molecule has 1 aromatic rings. The predicted molar refractivity (Wildman–Crippen MR) is 61.1 cm³/mol. The molecule has 0 bridgehead atoms. The molecule has 0 N–H and O–H groups in total. The van der Waals surface area contributed by atoms with Crippen molar-refractivity contribution < 1.29 is 13.9 Å². The van der Waals surface area contributed by atoms with Crippen LogP contribution >= 0.6 is 0 Å². The van der Waals surface area contributed by atoms with Gasteiger partial charge in [0.05, 0.1) is 0 Å². The van der Waals surface area contributed by atoms with Gasteiger partial charge in [0.25, 0.3) is 0 Å². The summed E-state index contributed by atoms with van der Waals surface area (Å²) in [4.78, 5) is 11.4. The van der Waals surface area contributed by atoms with Crippen LogP contribution in [0.4, 0.5) is 4.39 Å². The van der Waals surface area contributed by atoms with E-state index in [1.807, 2.05) is 0 Å². The van der Waals surface area contributed by atoms with Crippen molar-refractivity contribution in [3.05, 3.63) is 53.9 Å². The van der Waals surface area contributed by atoms with Gasteiger partial charge in [-0.15, -0.1) is 0 Å². The summed E-state index contributed by atoms with van der Waals surface area (Å²) in [5.74, 6) is -1.19. The van der Waals surface area contributed by atoms with Crippen molar-refractivity contribution in [3.8, 4) is 6.07 Å². The predicted octanol–water partition coefficient (Wildman–Crippen LogP) is 2.46. The normalized spacial score (nSPS) is 10.5. The van der Waals surface area contributed by atoms with E-state index >= 15 is 0 Å². The maximum Gasteiger partial charge on any atom is 0.349 e. The maximum atomic E-state index is 12.9. The van der Waals surface area contributed by atoms with Crippen LogP contribution in [-0.4, -0.2) is 12.6 Å². The minimum atomic E-state index is -0.753. The van der Waals surface area contributed by atoms with Crippen LogP contribution < -0.4 is 0 Å². The Bertz CT molecular complexity index is 500. The lowest BCUT2D eigenvalue weighted by Crippen LogP contribution is -2.06. The Kier molecular flexibility index (Phi) is 4.64. The highest BCUT2D eigenvalue weighted by Crippen LogP contribution is 2.09. The van der Waals surface area contributed by atoms with Crippen molar-refractivity contribution in [1.82, 2.24) is 0 Å². The summed E-state index contributed by atoms with van der Waals surface area (Å²) in [5, 5.41) is 8.79. The lowest BCUT2D eigenvalue weighted by Gasteiger charge is -2.00. The monoisotopic (exact) mass is 231 g/mol. The lowest BCUT2D eigenvalue weighted by molar-refractivity contribution is -0.137. The number of hydrogen-bond donors (Lipinski definition) is 0. The van der Waals surface area contributed by atoms with Gasteiger partial charge in [0.1, 0.15) is 24.1 Å². The number of carbonyl (C=O) groups excluding carboxylic acids is 1. The van der Waals surface area contributed by atoms with Crippen molar-refractivity contribution in [3.63, 3.8) is 0 Å². The molecule has 1 aromatic carbocycles. The number of rotatable bonds is 4. The van der Waals surface area contributed by atoms with Crippen LogP contribution in [0.25, 0.3) is 6.08 Å². The summed E-state index contributed by atoms with van der Waals surface area (Å²) < 4.78 is 17.6. The average molecular weight is 231 g/mol. The van der Waals surface area contributed by atoms with Crippen molar-refractivity contribution in [2.75, 3.05) is 6.61 Å². The molecule has 0 aliphatic rings. The summed E-state index contributed by atoms with van der Waals surface area (Å²) in [6.45, 7) is 3.41. The van der Waals surface area contributed by atoms with Crippen LogP contribution in [-0.2, 0) is 9.53 Å². The molecule has 0 aromatic heterocycles. The van der Waals surface area contributed by atoms with E-state index in [2.05, 4.69) is 6.58 Å². The number of nitriles is 1. The van der Waals surface area contributed by atoms with E-state index < -0.39 is 11.8 Å². The number of benzene rings is 1. The Hall–Kier alpha value is -2.41. The minimum Gasteiger partial charge on any atom is -0.457 e. The molecule has 0 atom stereocenters. The van der Waals surface area contributed by atoms with Gasteiger partial charge in [-0.2, -0.15) is 5.26 Å². The van der Waals surface area contributed by atoms with Gasteiger partial charge in [0.15, 0.2) is 0 Å². The zero-order chi connectivity index (χ0) is 12.7. The summed E-state index contributed by atoms with van der Waals surface area (Å²) in [5.41, 5.74) is 0.245. The molecule has 0 amide bonds. The van der Waals surface area contributed by atoms with E-state index in [1.165, 1.54) is 30.4 Å². The fraction of sp³-hybridized carbons (Fsp3) is 0.0769. The highest BCUT2D eigenvalue weighted by Gasteiger charge is 2.09. The van der Waals surface area contributed by atoms with Crippen LogP contribution in [0, 0.1) is 17.1 Å². The number of carbonyl (C=O) groups is 1. The second kappa shape index (κ2) is 6.23. The number of ether oxygens (including phenoxy) is 1. The molecule has 86 valence electrons. The highest BCUT2D eigenvalue weighted by molar-refractivity contribution is 5.97. The molecule has 1 rings (SSSR count). The Morgan fingerprint density at radius 3 is 2.94 bits per heavy atom. The molecule has 0 heterocycles. The molecule has 0 spiro atoms. The van der Waals surface area contributed by atoms with E-state index in [1.54, 1.807) is 12.1 Å². The Morgan fingerprint density at radius 2 is 2.35 bits per heavy atom. The molecule has 0 aliphatic carbocycles. The largest absolute Gasteiger partial charge is 0.457 e. The Balaban J connectivity index is 2.91. The van der Waals surface area contributed by atoms with Gasteiger partial charge in [0.2, 0.25) is 0 Å². The average Bonchev–Trinajstić information content (AvgIpc) is 2.33. The third kappa shape index (κ3) is 3.92. The zero-order valence-electron chi connectivity index (χ0n) is 9.02. The van der Waals surface area contributed by atoms with Crippen molar-refractivity contribution >= 4 is 12.0 Å². The summed E-state index contributed by atoms with van der Waals surface area (Å²) >= 11 is 0. The minimum absolute atomic E-state index is 0.0288. The summed E-state index contributed by atoms with van der Waals surface area (Å²) in [6, 6.07) is 7.28. The van der Waals surface area contributed by atoms with Gasteiger partial charge in [-0.05, 0) is 23.8 Å². The maximum absolute atomic E-state index is 12.9. The second-order valence-electron chi connectivity index (χ2n) is 3.11. The van der Waals surface area contributed by atoms with E-state index in [4.69, 9.17) is 10.00 Å². The standard InChI is InChI=1S/C13H10FNO2/c1-2-6-17-13(16)11(9-15)7-10-4-3-5-12(14)8-10/h2-5,7-8H,1,6H2/b11-7-. The van der Waals surface area contributed by atoms with E-state index in [-0.39, 0.29) is 12.2 Å². The van der Waals surface area contributed by atoms with Crippen LogP contribution in [0.1, 0.15) is 5.56 Å². The molecule has 0 saturated heterocycles. The molecule has 0 unspecified atom stereocenters. The number of hydrogen-bond acceptors (Lipinski definition) is 3. The van der Waals surface area contributed by atoms with Crippen molar-refractivity contribution in [2.45, 2.75) is 0 Å². The molecule has 0 fully saturated rings. The molecule has 0 radical (unpaired) electrons. The van der Waals surface area contributed by atoms with Gasteiger partial charge in [-0.3, -0.25) is 0 Å². The Labute approximate surface area is 98.4 Å². The van der Waals surface area contributed by atoms with Gasteiger partial charge in [0, 0.05) is 0 Å². The molecule has 0 saturated carbocycles. The van der Waals surface area contributed by atoms with Crippen molar-refractivity contribution in [1.29, 1.82) is 5.26 Å². The first kappa shape index (κ1) is 12.7. The molecule has 0 aliphatic heterocycles. The third-order valence-electron chi connectivity index (χ3n) is 1.83. The van der Waals surface area contributed by atoms with E-state index in [0.29, 0.717) is 5.56 Å². The quantitative estimate of drug-likeness (QED) is 0.346. The first-order valence-electron chi connectivity index (χ1n) is 4.82. The first-order chi connectivity index (χ1) is 8.17. The van der Waals surface area contributed by atoms with Gasteiger partial charge in [-0.1, -0.05) is 24.8 Å². The molecule has 4 heteroatoms. The van der Waals surface area contributed by atoms with Crippen LogP contribution in [0.3, 0.4) is 0 Å². The van der Waals surface area contributed by atoms with E-state index in [0.717, 1.165) is 0 Å².